The van der Waals surface area contributed by atoms with Crippen LogP contribution in [0.1, 0.15) is 27.7 Å². The number of aliphatic hydroxyl groups is 4. The maximum atomic E-state index is 10.3. The molecular weight excluding hydrogens is 408 g/mol. The average Bonchev–Trinajstić information content (AvgIpc) is 3.13. The van der Waals surface area contributed by atoms with E-state index >= 15 is 0 Å². The summed E-state index contributed by atoms with van der Waals surface area (Å²) in [6, 6.07) is 0. The van der Waals surface area contributed by atoms with E-state index < -0.39 is 72.6 Å². The van der Waals surface area contributed by atoms with E-state index in [4.69, 9.17) is 28.4 Å². The van der Waals surface area contributed by atoms with Crippen molar-refractivity contribution in [3.63, 3.8) is 0 Å². The van der Waals surface area contributed by atoms with Crippen LogP contribution in [0, 0.1) is 0 Å². The van der Waals surface area contributed by atoms with E-state index in [2.05, 4.69) is 0 Å². The van der Waals surface area contributed by atoms with Crippen molar-refractivity contribution in [3.05, 3.63) is 0 Å². The molecule has 4 aliphatic rings. The number of fused-ring (bicyclic) bond motifs is 3. The molecule has 0 aromatic heterocycles. The molecule has 0 amide bonds. The van der Waals surface area contributed by atoms with Gasteiger partial charge in [-0.05, 0) is 27.7 Å². The van der Waals surface area contributed by atoms with Gasteiger partial charge in [0.15, 0.2) is 17.9 Å². The van der Waals surface area contributed by atoms with Crippen LogP contribution in [0.15, 0.2) is 0 Å². The van der Waals surface area contributed by atoms with Gasteiger partial charge in [-0.3, -0.25) is 0 Å². The first-order valence-electron chi connectivity index (χ1n) is 9.80. The lowest BCUT2D eigenvalue weighted by atomic mass is 10.00. The molecule has 11 heteroatoms. The smallest absolute Gasteiger partial charge is 0.190 e. The van der Waals surface area contributed by atoms with Crippen LogP contribution < -0.4 is 0 Å². The van der Waals surface area contributed by atoms with E-state index in [0.717, 1.165) is 0 Å². The van der Waals surface area contributed by atoms with Crippen LogP contribution in [0.25, 0.3) is 0 Å². The second kappa shape index (κ2) is 7.82. The highest BCUT2D eigenvalue weighted by atomic mass is 32.2. The Hall–Kier alpha value is -0.0500. The third-order valence-electron chi connectivity index (χ3n) is 5.52. The maximum Gasteiger partial charge on any atom is 0.190 e. The fourth-order valence-electron chi connectivity index (χ4n) is 4.22. The van der Waals surface area contributed by atoms with E-state index in [1.807, 2.05) is 27.7 Å². The largest absolute Gasteiger partial charge is 0.394 e. The normalized spacial score (nSPS) is 50.9. The monoisotopic (exact) mass is 438 g/mol. The third-order valence-corrected chi connectivity index (χ3v) is 6.76. The van der Waals surface area contributed by atoms with Crippen molar-refractivity contribution in [3.8, 4) is 0 Å². The maximum absolute atomic E-state index is 10.3. The van der Waals surface area contributed by atoms with Gasteiger partial charge >= 0.3 is 0 Å². The highest BCUT2D eigenvalue weighted by molar-refractivity contribution is 7.99. The van der Waals surface area contributed by atoms with Crippen LogP contribution in [0.3, 0.4) is 0 Å². The number of rotatable bonds is 4. The van der Waals surface area contributed by atoms with Crippen molar-refractivity contribution in [2.45, 2.75) is 99.8 Å². The molecule has 0 bridgehead atoms. The number of ether oxygens (including phenoxy) is 6. The highest BCUT2D eigenvalue weighted by Gasteiger charge is 2.60. The molecule has 4 aliphatic heterocycles. The Morgan fingerprint density at radius 1 is 0.724 bits per heavy atom. The Labute approximate surface area is 173 Å². The van der Waals surface area contributed by atoms with Crippen molar-refractivity contribution in [2.24, 2.45) is 0 Å². The van der Waals surface area contributed by atoms with Crippen LogP contribution >= 0.6 is 11.8 Å². The number of thioether (sulfide) groups is 1. The number of hydrogen-bond donors (Lipinski definition) is 4. The average molecular weight is 438 g/mol. The topological polar surface area (TPSA) is 136 Å². The van der Waals surface area contributed by atoms with Crippen molar-refractivity contribution in [1.29, 1.82) is 0 Å². The first kappa shape index (κ1) is 22.2. The van der Waals surface area contributed by atoms with Crippen LogP contribution in [-0.2, 0) is 28.4 Å². The van der Waals surface area contributed by atoms with E-state index in [9.17, 15) is 20.4 Å². The Kier molecular flexibility index (Phi) is 5.97. The molecule has 0 spiro atoms. The van der Waals surface area contributed by atoms with Gasteiger partial charge in [-0.15, -0.1) is 11.8 Å². The molecule has 4 N–H and O–H groups in total. The molecule has 0 radical (unpaired) electrons. The summed E-state index contributed by atoms with van der Waals surface area (Å²) in [7, 11) is 0. The van der Waals surface area contributed by atoms with Crippen molar-refractivity contribution in [1.82, 2.24) is 0 Å². The molecule has 0 aliphatic carbocycles. The zero-order valence-corrected chi connectivity index (χ0v) is 17.7. The zero-order valence-electron chi connectivity index (χ0n) is 16.8. The SMILES string of the molecule is CC1(C)OC2C3OC(C)(C)O[C@H]3C(CS[C@@H]3OC(CO)[C@H](O)C(O)C3O)O[C@@H]2O1. The summed E-state index contributed by atoms with van der Waals surface area (Å²) >= 11 is 1.21. The molecule has 0 aromatic rings. The van der Waals surface area contributed by atoms with Crippen LogP contribution in [0.5, 0.6) is 0 Å². The number of hydrogen-bond acceptors (Lipinski definition) is 11. The molecule has 6 unspecified atom stereocenters. The molecule has 4 heterocycles. The fourth-order valence-corrected chi connectivity index (χ4v) is 5.45. The Morgan fingerprint density at radius 2 is 1.34 bits per heavy atom. The summed E-state index contributed by atoms with van der Waals surface area (Å²) in [4.78, 5) is 0. The van der Waals surface area contributed by atoms with E-state index in [0.29, 0.717) is 5.75 Å². The van der Waals surface area contributed by atoms with Gasteiger partial charge < -0.3 is 48.8 Å². The Morgan fingerprint density at radius 3 is 2.03 bits per heavy atom. The first-order valence-corrected chi connectivity index (χ1v) is 10.8. The summed E-state index contributed by atoms with van der Waals surface area (Å²) in [5.74, 6) is -1.28. The molecule has 0 saturated carbocycles. The lowest BCUT2D eigenvalue weighted by molar-refractivity contribution is -0.228. The summed E-state index contributed by atoms with van der Waals surface area (Å²) in [5, 5.41) is 39.5. The van der Waals surface area contributed by atoms with Crippen LogP contribution in [0.4, 0.5) is 0 Å². The lowest BCUT2D eigenvalue weighted by Gasteiger charge is -2.41. The van der Waals surface area contributed by atoms with E-state index in [1.54, 1.807) is 0 Å². The van der Waals surface area contributed by atoms with Gasteiger partial charge in [0.1, 0.15) is 48.2 Å². The fraction of sp³-hybridized carbons (Fsp3) is 1.00. The van der Waals surface area contributed by atoms with Gasteiger partial charge in [-0.1, -0.05) is 0 Å². The molecule has 168 valence electrons. The lowest BCUT2D eigenvalue weighted by Crippen LogP contribution is -2.58. The van der Waals surface area contributed by atoms with E-state index in [-0.39, 0.29) is 6.10 Å². The minimum Gasteiger partial charge on any atom is -0.394 e. The van der Waals surface area contributed by atoms with Gasteiger partial charge in [0.25, 0.3) is 0 Å². The Bertz CT molecular complexity index is 601. The summed E-state index contributed by atoms with van der Waals surface area (Å²) in [5.41, 5.74) is -0.849. The van der Waals surface area contributed by atoms with Crippen LogP contribution in [0.2, 0.25) is 0 Å². The quantitative estimate of drug-likeness (QED) is 0.426. The molecule has 4 fully saturated rings. The van der Waals surface area contributed by atoms with E-state index in [1.165, 1.54) is 11.8 Å². The predicted octanol–water partition coefficient (Wildman–Crippen LogP) is -1.08. The highest BCUT2D eigenvalue weighted by Crippen LogP contribution is 2.45. The van der Waals surface area contributed by atoms with Gasteiger partial charge in [0.2, 0.25) is 0 Å². The first-order chi connectivity index (χ1) is 13.5. The molecule has 10 atom stereocenters. The van der Waals surface area contributed by atoms with Gasteiger partial charge in [-0.25, -0.2) is 0 Å². The van der Waals surface area contributed by atoms with Gasteiger partial charge in [0, 0.05) is 5.75 Å². The molecule has 10 nitrogen and oxygen atoms in total. The minimum absolute atomic E-state index is 0.344. The van der Waals surface area contributed by atoms with Crippen molar-refractivity contribution in [2.75, 3.05) is 12.4 Å². The zero-order chi connectivity index (χ0) is 21.1. The Balaban J connectivity index is 1.45. The third kappa shape index (κ3) is 4.20. The van der Waals surface area contributed by atoms with Crippen LogP contribution in [-0.4, -0.2) is 105 Å². The predicted molar refractivity (Wildman–Crippen MR) is 98.7 cm³/mol. The summed E-state index contributed by atoms with van der Waals surface area (Å²) < 4.78 is 35.6. The van der Waals surface area contributed by atoms with Crippen molar-refractivity contribution >= 4 is 11.8 Å². The summed E-state index contributed by atoms with van der Waals surface area (Å²) in [6.45, 7) is 6.79. The minimum atomic E-state index is -1.42. The van der Waals surface area contributed by atoms with Crippen molar-refractivity contribution < 1.29 is 48.8 Å². The molecular formula is C18H30O10S. The molecule has 4 saturated heterocycles. The molecule has 4 rings (SSSR count). The molecule has 0 aromatic carbocycles. The second-order valence-electron chi connectivity index (χ2n) is 8.74. The number of aliphatic hydroxyl groups excluding tert-OH is 4. The molecule has 29 heavy (non-hydrogen) atoms. The second-order valence-corrected chi connectivity index (χ2v) is 9.87. The summed E-state index contributed by atoms with van der Waals surface area (Å²) in [6.07, 6.45) is -7.36. The van der Waals surface area contributed by atoms with Gasteiger partial charge in [-0.2, -0.15) is 0 Å². The van der Waals surface area contributed by atoms with Gasteiger partial charge in [0.05, 0.1) is 12.7 Å². The standard InChI is InChI=1S/C18H30O10S/c1-17(2)25-12-8(23-15-14(13(12)26-17)27-18(3,4)28-15)6-29-16-11(22)10(21)9(20)7(5-19)24-16/h7-16,19-22H,5-6H2,1-4H3/t7?,8?,9-,10?,11?,12-,13?,14?,15+,16-/m0/s1.